The lowest BCUT2D eigenvalue weighted by molar-refractivity contribution is 0.354. The van der Waals surface area contributed by atoms with Crippen molar-refractivity contribution in [2.45, 2.75) is 13.0 Å². The van der Waals surface area contributed by atoms with Gasteiger partial charge in [-0.2, -0.15) is 5.10 Å². The van der Waals surface area contributed by atoms with Crippen molar-refractivity contribution >= 4 is 22.5 Å². The second-order valence-corrected chi connectivity index (χ2v) is 5.78. The van der Waals surface area contributed by atoms with E-state index in [-0.39, 0.29) is 0 Å². The number of aromatic nitrogens is 2. The molecule has 2 aromatic carbocycles. The van der Waals surface area contributed by atoms with Gasteiger partial charge in [0.25, 0.3) is 0 Å². The molecule has 1 aromatic heterocycles. The van der Waals surface area contributed by atoms with E-state index in [0.29, 0.717) is 0 Å². The molecule has 0 fully saturated rings. The van der Waals surface area contributed by atoms with Gasteiger partial charge in [-0.15, -0.1) is 0 Å². The number of halogens is 1. The van der Waals surface area contributed by atoms with E-state index in [0.717, 1.165) is 51.6 Å². The van der Waals surface area contributed by atoms with E-state index in [1.165, 1.54) is 5.56 Å². The van der Waals surface area contributed by atoms with Crippen LogP contribution < -0.4 is 9.47 Å². The van der Waals surface area contributed by atoms with Gasteiger partial charge in [0.2, 0.25) is 0 Å². The lowest BCUT2D eigenvalue weighted by Crippen LogP contribution is -2.12. The lowest BCUT2D eigenvalue weighted by atomic mass is 9.96. The summed E-state index contributed by atoms with van der Waals surface area (Å²) in [5.74, 6) is 1.49. The van der Waals surface area contributed by atoms with Gasteiger partial charge in [0, 0.05) is 22.5 Å². The van der Waals surface area contributed by atoms with Crippen LogP contribution in [-0.4, -0.2) is 24.0 Å². The summed E-state index contributed by atoms with van der Waals surface area (Å²) in [7, 11) is 3.31. The first-order chi connectivity index (χ1) is 10.7. The summed E-state index contributed by atoms with van der Waals surface area (Å²) in [5, 5.41) is 6.47. The fourth-order valence-corrected chi connectivity index (χ4v) is 3.30. The highest BCUT2D eigenvalue weighted by molar-refractivity contribution is 6.31. The minimum atomic E-state index is 0.718. The largest absolute Gasteiger partial charge is 0.493 e. The average Bonchev–Trinajstić information content (AvgIpc) is 2.91. The van der Waals surface area contributed by atoms with Crippen molar-refractivity contribution in [1.82, 2.24) is 9.78 Å². The number of fused-ring (bicyclic) bond motifs is 5. The molecule has 5 heteroatoms. The summed E-state index contributed by atoms with van der Waals surface area (Å²) in [6, 6.07) is 9.89. The van der Waals surface area contributed by atoms with Crippen molar-refractivity contribution in [1.29, 1.82) is 0 Å². The Balaban J connectivity index is 2.03. The molecule has 0 saturated heterocycles. The van der Waals surface area contributed by atoms with Gasteiger partial charge in [-0.05, 0) is 42.3 Å². The maximum absolute atomic E-state index is 6.17. The van der Waals surface area contributed by atoms with Crippen LogP contribution in [0.2, 0.25) is 5.02 Å². The first-order valence-corrected chi connectivity index (χ1v) is 7.50. The molecule has 22 heavy (non-hydrogen) atoms. The predicted octanol–water partition coefficient (Wildman–Crippen LogP) is 3.93. The van der Waals surface area contributed by atoms with Crippen molar-refractivity contribution < 1.29 is 9.47 Å². The fourth-order valence-electron chi connectivity index (χ4n) is 3.12. The number of hydrogen-bond acceptors (Lipinski definition) is 3. The monoisotopic (exact) mass is 314 g/mol. The van der Waals surface area contributed by atoms with Crippen LogP contribution in [0.25, 0.3) is 22.2 Å². The maximum atomic E-state index is 6.17. The summed E-state index contributed by atoms with van der Waals surface area (Å²) < 4.78 is 12.9. The topological polar surface area (TPSA) is 36.3 Å². The quantitative estimate of drug-likeness (QED) is 0.719. The van der Waals surface area contributed by atoms with Crippen molar-refractivity contribution in [2.75, 3.05) is 14.2 Å². The Morgan fingerprint density at radius 2 is 1.86 bits per heavy atom. The van der Waals surface area contributed by atoms with Crippen LogP contribution in [0.1, 0.15) is 5.56 Å². The third-order valence-corrected chi connectivity index (χ3v) is 4.39. The van der Waals surface area contributed by atoms with Crippen LogP contribution in [0.4, 0.5) is 0 Å². The van der Waals surface area contributed by atoms with E-state index >= 15 is 0 Å². The SMILES string of the molecule is COc1cc2c(cc1OC)-c1c3cc(Cl)ccc3nn1CC2. The molecule has 0 atom stereocenters. The zero-order chi connectivity index (χ0) is 15.3. The van der Waals surface area contributed by atoms with Crippen LogP contribution in [0.3, 0.4) is 0 Å². The number of ether oxygens (including phenoxy) is 2. The summed E-state index contributed by atoms with van der Waals surface area (Å²) in [5.41, 5.74) is 4.43. The van der Waals surface area contributed by atoms with E-state index in [9.17, 15) is 0 Å². The number of rotatable bonds is 2. The number of nitrogens with zero attached hydrogens (tertiary/aromatic N) is 2. The number of hydrogen-bond donors (Lipinski definition) is 0. The molecule has 2 heterocycles. The molecule has 3 aromatic rings. The summed E-state index contributed by atoms with van der Waals surface area (Å²) in [6.07, 6.45) is 0.921. The van der Waals surface area contributed by atoms with Gasteiger partial charge in [0.05, 0.1) is 25.4 Å². The summed E-state index contributed by atoms with van der Waals surface area (Å²) in [6.45, 7) is 0.851. The van der Waals surface area contributed by atoms with Crippen LogP contribution in [0.5, 0.6) is 11.5 Å². The molecule has 0 amide bonds. The van der Waals surface area contributed by atoms with Gasteiger partial charge in [-0.1, -0.05) is 11.6 Å². The summed E-state index contributed by atoms with van der Waals surface area (Å²) in [4.78, 5) is 0. The summed E-state index contributed by atoms with van der Waals surface area (Å²) >= 11 is 6.17. The molecule has 1 aliphatic rings. The Kier molecular flexibility index (Phi) is 3.01. The number of methoxy groups -OCH3 is 2. The fraction of sp³-hybridized carbons (Fsp3) is 0.235. The second kappa shape index (κ2) is 4.92. The third kappa shape index (κ3) is 1.87. The molecular formula is C17H15ClN2O2. The molecule has 0 bridgehead atoms. The minimum Gasteiger partial charge on any atom is -0.493 e. The van der Waals surface area contributed by atoms with E-state index < -0.39 is 0 Å². The van der Waals surface area contributed by atoms with Crippen LogP contribution >= 0.6 is 11.6 Å². The van der Waals surface area contributed by atoms with E-state index in [2.05, 4.69) is 15.8 Å². The Morgan fingerprint density at radius 3 is 2.64 bits per heavy atom. The Bertz CT molecular complexity index is 886. The predicted molar refractivity (Wildman–Crippen MR) is 87.0 cm³/mol. The van der Waals surface area contributed by atoms with Gasteiger partial charge in [-0.3, -0.25) is 4.68 Å². The molecular weight excluding hydrogens is 300 g/mol. The highest BCUT2D eigenvalue weighted by atomic mass is 35.5. The highest BCUT2D eigenvalue weighted by Gasteiger charge is 2.23. The van der Waals surface area contributed by atoms with Crippen LogP contribution in [0, 0.1) is 0 Å². The molecule has 0 unspecified atom stereocenters. The Hall–Kier alpha value is -2.20. The van der Waals surface area contributed by atoms with Crippen molar-refractivity contribution in [3.63, 3.8) is 0 Å². The van der Waals surface area contributed by atoms with Crippen molar-refractivity contribution in [2.24, 2.45) is 0 Å². The molecule has 1 aliphatic heterocycles. The Morgan fingerprint density at radius 1 is 1.09 bits per heavy atom. The van der Waals surface area contributed by atoms with Gasteiger partial charge < -0.3 is 9.47 Å². The van der Waals surface area contributed by atoms with E-state index in [1.54, 1.807) is 14.2 Å². The van der Waals surface area contributed by atoms with E-state index in [4.69, 9.17) is 21.1 Å². The standard InChI is InChI=1S/C17H15ClN2O2/c1-21-15-7-10-5-6-20-17(12(10)9-16(15)22-2)13-8-11(18)3-4-14(13)19-20/h3-4,7-9H,5-6H2,1-2H3. The van der Waals surface area contributed by atoms with E-state index in [1.807, 2.05) is 24.3 Å². The first-order valence-electron chi connectivity index (χ1n) is 7.12. The highest BCUT2D eigenvalue weighted by Crippen LogP contribution is 2.41. The zero-order valence-electron chi connectivity index (χ0n) is 12.4. The average molecular weight is 315 g/mol. The molecule has 0 aliphatic carbocycles. The molecule has 112 valence electrons. The second-order valence-electron chi connectivity index (χ2n) is 5.35. The lowest BCUT2D eigenvalue weighted by Gasteiger charge is -2.20. The van der Waals surface area contributed by atoms with Gasteiger partial charge >= 0.3 is 0 Å². The Labute approximate surface area is 133 Å². The molecule has 4 rings (SSSR count). The van der Waals surface area contributed by atoms with Gasteiger partial charge in [0.15, 0.2) is 11.5 Å². The van der Waals surface area contributed by atoms with Crippen LogP contribution in [0.15, 0.2) is 30.3 Å². The number of benzene rings is 2. The molecule has 0 saturated carbocycles. The molecule has 0 N–H and O–H groups in total. The number of aryl methyl sites for hydroxylation is 2. The normalized spacial score (nSPS) is 12.9. The van der Waals surface area contributed by atoms with Crippen LogP contribution in [-0.2, 0) is 13.0 Å². The first kappa shape index (κ1) is 13.5. The molecule has 0 radical (unpaired) electrons. The smallest absolute Gasteiger partial charge is 0.161 e. The van der Waals surface area contributed by atoms with Gasteiger partial charge in [-0.25, -0.2) is 0 Å². The van der Waals surface area contributed by atoms with Crippen molar-refractivity contribution in [3.05, 3.63) is 40.9 Å². The van der Waals surface area contributed by atoms with Crippen molar-refractivity contribution in [3.8, 4) is 22.8 Å². The molecule has 4 nitrogen and oxygen atoms in total. The minimum absolute atomic E-state index is 0.718. The van der Waals surface area contributed by atoms with Gasteiger partial charge in [0.1, 0.15) is 0 Å². The zero-order valence-corrected chi connectivity index (χ0v) is 13.1. The maximum Gasteiger partial charge on any atom is 0.161 e. The third-order valence-electron chi connectivity index (χ3n) is 4.16. The molecule has 0 spiro atoms.